The fourth-order valence-electron chi connectivity index (χ4n) is 2.14. The molecule has 2 aromatic rings. The van der Waals surface area contributed by atoms with Crippen molar-refractivity contribution in [2.45, 2.75) is 12.3 Å². The molecule has 0 radical (unpaired) electrons. The van der Waals surface area contributed by atoms with E-state index in [0.717, 1.165) is 17.5 Å². The highest BCUT2D eigenvalue weighted by molar-refractivity contribution is 9.10. The van der Waals surface area contributed by atoms with Crippen LogP contribution in [0.1, 0.15) is 17.0 Å². The van der Waals surface area contributed by atoms with E-state index in [1.54, 1.807) is 7.11 Å². The minimum absolute atomic E-state index is 0.447. The summed E-state index contributed by atoms with van der Waals surface area (Å²) >= 11 is 7.26. The van der Waals surface area contributed by atoms with Gasteiger partial charge in [-0.2, -0.15) is 0 Å². The Bertz CT molecular complexity index is 540. The Labute approximate surface area is 131 Å². The molecule has 0 amide bonds. The number of hydrogen-bond acceptors (Lipinski definition) is 1. The van der Waals surface area contributed by atoms with Gasteiger partial charge in [0.25, 0.3) is 0 Å². The van der Waals surface area contributed by atoms with Gasteiger partial charge < -0.3 is 4.74 Å². The van der Waals surface area contributed by atoms with E-state index in [1.165, 1.54) is 15.6 Å². The number of benzene rings is 2. The third-order valence-electron chi connectivity index (χ3n) is 3.15. The predicted molar refractivity (Wildman–Crippen MR) is 87.4 cm³/mol. The van der Waals surface area contributed by atoms with E-state index in [9.17, 15) is 0 Å². The summed E-state index contributed by atoms with van der Waals surface area (Å²) in [7, 11) is 1.70. The number of hydrogen-bond donors (Lipinski definition) is 0. The van der Waals surface area contributed by atoms with Gasteiger partial charge in [0, 0.05) is 9.80 Å². The van der Waals surface area contributed by atoms with Gasteiger partial charge in [-0.1, -0.05) is 62.2 Å². The van der Waals surface area contributed by atoms with Gasteiger partial charge in [-0.25, -0.2) is 0 Å². The maximum atomic E-state index is 5.28. The lowest BCUT2D eigenvalue weighted by Gasteiger charge is -2.16. The summed E-state index contributed by atoms with van der Waals surface area (Å²) in [5, 5.41) is 0.937. The lowest BCUT2D eigenvalue weighted by atomic mass is 9.94. The van der Waals surface area contributed by atoms with Gasteiger partial charge in [0.2, 0.25) is 0 Å². The first-order chi connectivity index (χ1) is 9.24. The molecule has 0 N–H and O–H groups in total. The molecule has 2 aromatic carbocycles. The molecular formula is C16H16Br2O. The highest BCUT2D eigenvalue weighted by Crippen LogP contribution is 2.30. The Kier molecular flexibility index (Phi) is 5.46. The molecule has 1 atom stereocenters. The second-order valence-electron chi connectivity index (χ2n) is 4.43. The second-order valence-corrected chi connectivity index (χ2v) is 5.93. The van der Waals surface area contributed by atoms with Crippen molar-refractivity contribution in [3.63, 3.8) is 0 Å². The van der Waals surface area contributed by atoms with Crippen LogP contribution in [0.5, 0.6) is 5.75 Å². The number of rotatable bonds is 5. The molecule has 2 rings (SSSR count). The summed E-state index contributed by atoms with van der Waals surface area (Å²) in [6.45, 7) is 0. The molecule has 19 heavy (non-hydrogen) atoms. The van der Waals surface area contributed by atoms with Gasteiger partial charge in [0.05, 0.1) is 7.11 Å². The van der Waals surface area contributed by atoms with Crippen molar-refractivity contribution < 1.29 is 4.74 Å². The molecule has 100 valence electrons. The maximum absolute atomic E-state index is 5.28. The van der Waals surface area contributed by atoms with Crippen molar-refractivity contribution in [2.75, 3.05) is 12.4 Å². The first-order valence-electron chi connectivity index (χ1n) is 6.18. The van der Waals surface area contributed by atoms with Crippen molar-refractivity contribution in [1.29, 1.82) is 0 Å². The molecule has 0 saturated carbocycles. The molecule has 0 aliphatic carbocycles. The fourth-order valence-corrected chi connectivity index (χ4v) is 3.32. The summed E-state index contributed by atoms with van der Waals surface area (Å²) < 4.78 is 6.45. The van der Waals surface area contributed by atoms with Gasteiger partial charge >= 0.3 is 0 Å². The fraction of sp³-hybridized carbons (Fsp3) is 0.250. The van der Waals surface area contributed by atoms with E-state index in [0.29, 0.717) is 5.92 Å². The number of ether oxygens (including phenoxy) is 1. The van der Waals surface area contributed by atoms with Crippen LogP contribution < -0.4 is 4.74 Å². The third-order valence-corrected chi connectivity index (χ3v) is 4.65. The van der Waals surface area contributed by atoms with Crippen molar-refractivity contribution in [3.05, 3.63) is 64.1 Å². The smallest absolute Gasteiger partial charge is 0.119 e. The summed E-state index contributed by atoms with van der Waals surface area (Å²) in [6, 6.07) is 16.7. The average Bonchev–Trinajstić information content (AvgIpc) is 2.46. The molecule has 0 bridgehead atoms. The van der Waals surface area contributed by atoms with Crippen LogP contribution in [-0.2, 0) is 6.42 Å². The molecule has 0 spiro atoms. The van der Waals surface area contributed by atoms with Crippen LogP contribution in [0.3, 0.4) is 0 Å². The summed E-state index contributed by atoms with van der Waals surface area (Å²) in [5.74, 6) is 1.36. The average molecular weight is 384 g/mol. The molecule has 3 heteroatoms. The minimum atomic E-state index is 0.447. The summed E-state index contributed by atoms with van der Waals surface area (Å²) in [6.07, 6.45) is 0.991. The SMILES string of the molecule is COc1cccc(CC(CBr)c2ccccc2Br)c1. The number of halogens is 2. The third kappa shape index (κ3) is 3.83. The quantitative estimate of drug-likeness (QED) is 0.646. The van der Waals surface area contributed by atoms with Crippen molar-refractivity contribution in [2.24, 2.45) is 0 Å². The lowest BCUT2D eigenvalue weighted by Crippen LogP contribution is -2.05. The molecule has 0 saturated heterocycles. The van der Waals surface area contributed by atoms with Crippen LogP contribution in [0.4, 0.5) is 0 Å². The molecule has 0 heterocycles. The standard InChI is InChI=1S/C16H16Br2O/c1-19-14-6-4-5-12(10-14)9-13(11-17)15-7-2-3-8-16(15)18/h2-8,10,13H,9,11H2,1H3. The Morgan fingerprint density at radius 3 is 2.58 bits per heavy atom. The van der Waals surface area contributed by atoms with Crippen LogP contribution in [0.25, 0.3) is 0 Å². The first kappa shape index (κ1) is 14.6. The van der Waals surface area contributed by atoms with Crippen molar-refractivity contribution in [1.82, 2.24) is 0 Å². The zero-order valence-corrected chi connectivity index (χ0v) is 13.9. The van der Waals surface area contributed by atoms with Gasteiger partial charge in [-0.15, -0.1) is 0 Å². The van der Waals surface area contributed by atoms with Gasteiger partial charge in [0.15, 0.2) is 0 Å². The van der Waals surface area contributed by atoms with Crippen molar-refractivity contribution in [3.8, 4) is 5.75 Å². The normalized spacial score (nSPS) is 12.2. The molecule has 0 aliphatic rings. The topological polar surface area (TPSA) is 9.23 Å². The van der Waals surface area contributed by atoms with E-state index >= 15 is 0 Å². The van der Waals surface area contributed by atoms with Gasteiger partial charge in [-0.05, 0) is 41.7 Å². The van der Waals surface area contributed by atoms with Gasteiger partial charge in [-0.3, -0.25) is 0 Å². The van der Waals surface area contributed by atoms with E-state index < -0.39 is 0 Å². The molecule has 0 aromatic heterocycles. The van der Waals surface area contributed by atoms with Crippen LogP contribution in [0, 0.1) is 0 Å². The summed E-state index contributed by atoms with van der Waals surface area (Å²) in [5.41, 5.74) is 2.63. The molecule has 0 aliphatic heterocycles. The van der Waals surface area contributed by atoms with Crippen molar-refractivity contribution >= 4 is 31.9 Å². The zero-order chi connectivity index (χ0) is 13.7. The highest BCUT2D eigenvalue weighted by Gasteiger charge is 2.14. The lowest BCUT2D eigenvalue weighted by molar-refractivity contribution is 0.414. The Balaban J connectivity index is 2.21. The monoisotopic (exact) mass is 382 g/mol. The van der Waals surface area contributed by atoms with Crippen LogP contribution in [0.2, 0.25) is 0 Å². The first-order valence-corrected chi connectivity index (χ1v) is 8.09. The second kappa shape index (κ2) is 7.11. The molecule has 0 fully saturated rings. The maximum Gasteiger partial charge on any atom is 0.119 e. The Hall–Kier alpha value is -0.800. The predicted octanol–water partition coefficient (Wildman–Crippen LogP) is 5.18. The van der Waals surface area contributed by atoms with E-state index in [2.05, 4.69) is 62.2 Å². The Morgan fingerprint density at radius 1 is 1.11 bits per heavy atom. The van der Waals surface area contributed by atoms with Crippen LogP contribution in [-0.4, -0.2) is 12.4 Å². The zero-order valence-electron chi connectivity index (χ0n) is 10.8. The van der Waals surface area contributed by atoms with E-state index in [-0.39, 0.29) is 0 Å². The van der Waals surface area contributed by atoms with Gasteiger partial charge in [0.1, 0.15) is 5.75 Å². The molecule has 1 unspecified atom stereocenters. The number of methoxy groups -OCH3 is 1. The molecule has 1 nitrogen and oxygen atoms in total. The van der Waals surface area contributed by atoms with E-state index in [1.807, 2.05) is 18.2 Å². The van der Waals surface area contributed by atoms with E-state index in [4.69, 9.17) is 4.74 Å². The Morgan fingerprint density at radius 2 is 1.89 bits per heavy atom. The summed E-state index contributed by atoms with van der Waals surface area (Å²) in [4.78, 5) is 0. The molecular weight excluding hydrogens is 368 g/mol. The largest absolute Gasteiger partial charge is 0.497 e. The van der Waals surface area contributed by atoms with Crippen LogP contribution >= 0.6 is 31.9 Å². The highest BCUT2D eigenvalue weighted by atomic mass is 79.9. The number of alkyl halides is 1. The van der Waals surface area contributed by atoms with Crippen LogP contribution in [0.15, 0.2) is 53.0 Å². The minimum Gasteiger partial charge on any atom is -0.497 e.